The number of pyridine rings is 1. The number of nitrogens with zero attached hydrogens (tertiary/aromatic N) is 1. The summed E-state index contributed by atoms with van der Waals surface area (Å²) in [6.07, 6.45) is 1.46. The predicted octanol–water partition coefficient (Wildman–Crippen LogP) is 4.29. The fourth-order valence-corrected chi connectivity index (χ4v) is 3.05. The predicted molar refractivity (Wildman–Crippen MR) is 116 cm³/mol. The quantitative estimate of drug-likeness (QED) is 0.569. The SMILES string of the molecule is CCOc1cc(C(=O)NC(C)c2cccc(NC(=O)Cc3ccccc3F)c2)ccn1. The molecule has 0 aliphatic heterocycles. The van der Waals surface area contributed by atoms with Crippen molar-refractivity contribution in [3.05, 3.63) is 89.4 Å². The first-order valence-electron chi connectivity index (χ1n) is 9.99. The Morgan fingerprint density at radius 3 is 2.68 bits per heavy atom. The Bertz CT molecular complexity index is 1070. The van der Waals surface area contributed by atoms with Gasteiger partial charge in [0.05, 0.1) is 19.1 Å². The highest BCUT2D eigenvalue weighted by molar-refractivity contribution is 5.95. The number of rotatable bonds is 8. The van der Waals surface area contributed by atoms with Gasteiger partial charge in [0, 0.05) is 23.5 Å². The second kappa shape index (κ2) is 10.3. The number of amides is 2. The van der Waals surface area contributed by atoms with Gasteiger partial charge in [-0.05, 0) is 49.2 Å². The molecule has 3 aromatic rings. The minimum absolute atomic E-state index is 0.0621. The Labute approximate surface area is 180 Å². The van der Waals surface area contributed by atoms with Crippen LogP contribution in [0.2, 0.25) is 0 Å². The molecule has 0 bridgehead atoms. The number of hydrogen-bond donors (Lipinski definition) is 2. The summed E-state index contributed by atoms with van der Waals surface area (Å²) >= 11 is 0. The van der Waals surface area contributed by atoms with E-state index in [0.717, 1.165) is 5.56 Å². The van der Waals surface area contributed by atoms with Crippen LogP contribution in [-0.4, -0.2) is 23.4 Å². The monoisotopic (exact) mass is 421 g/mol. The number of hydrogen-bond acceptors (Lipinski definition) is 4. The van der Waals surface area contributed by atoms with E-state index in [4.69, 9.17) is 4.74 Å². The maximum absolute atomic E-state index is 13.8. The van der Waals surface area contributed by atoms with Crippen LogP contribution in [-0.2, 0) is 11.2 Å². The van der Waals surface area contributed by atoms with Gasteiger partial charge in [-0.2, -0.15) is 0 Å². The average molecular weight is 421 g/mol. The van der Waals surface area contributed by atoms with Gasteiger partial charge in [-0.25, -0.2) is 9.37 Å². The molecule has 0 saturated carbocycles. The molecule has 1 unspecified atom stereocenters. The van der Waals surface area contributed by atoms with Crippen molar-refractivity contribution in [3.8, 4) is 5.88 Å². The van der Waals surface area contributed by atoms with E-state index in [1.54, 1.807) is 48.5 Å². The molecular weight excluding hydrogens is 397 g/mol. The lowest BCUT2D eigenvalue weighted by molar-refractivity contribution is -0.115. The number of benzene rings is 2. The van der Waals surface area contributed by atoms with Gasteiger partial charge in [-0.3, -0.25) is 9.59 Å². The van der Waals surface area contributed by atoms with Gasteiger partial charge in [-0.1, -0.05) is 30.3 Å². The number of carbonyl (C=O) groups is 2. The number of ether oxygens (including phenoxy) is 1. The Hall–Kier alpha value is -3.74. The molecule has 0 aliphatic rings. The zero-order chi connectivity index (χ0) is 22.2. The molecule has 1 heterocycles. The van der Waals surface area contributed by atoms with Crippen LogP contribution in [0.4, 0.5) is 10.1 Å². The van der Waals surface area contributed by atoms with Gasteiger partial charge in [-0.15, -0.1) is 0 Å². The summed E-state index contributed by atoms with van der Waals surface area (Å²) in [5.41, 5.74) is 2.17. The molecular formula is C24H24FN3O3. The molecule has 0 aliphatic carbocycles. The molecule has 7 heteroatoms. The minimum atomic E-state index is -0.411. The summed E-state index contributed by atoms with van der Waals surface area (Å²) in [5, 5.41) is 5.70. The van der Waals surface area contributed by atoms with Crippen LogP contribution in [0.15, 0.2) is 66.9 Å². The van der Waals surface area contributed by atoms with Crippen molar-refractivity contribution in [3.63, 3.8) is 0 Å². The van der Waals surface area contributed by atoms with E-state index in [9.17, 15) is 14.0 Å². The summed E-state index contributed by atoms with van der Waals surface area (Å²) in [7, 11) is 0. The van der Waals surface area contributed by atoms with E-state index >= 15 is 0 Å². The molecule has 0 fully saturated rings. The minimum Gasteiger partial charge on any atom is -0.478 e. The Balaban J connectivity index is 1.63. The van der Waals surface area contributed by atoms with Crippen molar-refractivity contribution >= 4 is 17.5 Å². The molecule has 6 nitrogen and oxygen atoms in total. The molecule has 0 radical (unpaired) electrons. The Morgan fingerprint density at radius 1 is 1.10 bits per heavy atom. The van der Waals surface area contributed by atoms with Gasteiger partial charge in [0.15, 0.2) is 0 Å². The van der Waals surface area contributed by atoms with Crippen molar-refractivity contribution in [2.75, 3.05) is 11.9 Å². The summed E-state index contributed by atoms with van der Waals surface area (Å²) < 4.78 is 19.1. The molecule has 2 N–H and O–H groups in total. The fourth-order valence-electron chi connectivity index (χ4n) is 3.05. The van der Waals surface area contributed by atoms with Crippen LogP contribution < -0.4 is 15.4 Å². The molecule has 2 amide bonds. The van der Waals surface area contributed by atoms with Crippen LogP contribution in [0, 0.1) is 5.82 Å². The molecule has 2 aromatic carbocycles. The first-order chi connectivity index (χ1) is 15.0. The van der Waals surface area contributed by atoms with Crippen molar-refractivity contribution in [2.24, 2.45) is 0 Å². The van der Waals surface area contributed by atoms with Crippen LogP contribution in [0.25, 0.3) is 0 Å². The topological polar surface area (TPSA) is 80.3 Å². The highest BCUT2D eigenvalue weighted by Crippen LogP contribution is 2.19. The maximum Gasteiger partial charge on any atom is 0.252 e. The van der Waals surface area contributed by atoms with E-state index in [1.165, 1.54) is 12.3 Å². The van der Waals surface area contributed by atoms with Gasteiger partial charge in [0.25, 0.3) is 5.91 Å². The smallest absolute Gasteiger partial charge is 0.252 e. The second-order valence-corrected chi connectivity index (χ2v) is 6.95. The molecule has 3 rings (SSSR count). The molecule has 160 valence electrons. The lowest BCUT2D eigenvalue weighted by Gasteiger charge is -2.16. The normalized spacial score (nSPS) is 11.5. The fraction of sp³-hybridized carbons (Fsp3) is 0.208. The van der Waals surface area contributed by atoms with Crippen molar-refractivity contribution in [2.45, 2.75) is 26.3 Å². The largest absolute Gasteiger partial charge is 0.478 e. The van der Waals surface area contributed by atoms with E-state index < -0.39 is 5.82 Å². The van der Waals surface area contributed by atoms with Crippen molar-refractivity contribution in [1.29, 1.82) is 0 Å². The maximum atomic E-state index is 13.8. The number of anilines is 1. The van der Waals surface area contributed by atoms with Crippen LogP contribution in [0.3, 0.4) is 0 Å². The summed E-state index contributed by atoms with van der Waals surface area (Å²) in [4.78, 5) is 28.9. The molecule has 1 atom stereocenters. The van der Waals surface area contributed by atoms with Crippen LogP contribution >= 0.6 is 0 Å². The first-order valence-corrected chi connectivity index (χ1v) is 9.99. The van der Waals surface area contributed by atoms with Gasteiger partial charge in [0.1, 0.15) is 5.82 Å². The summed E-state index contributed by atoms with van der Waals surface area (Å²) in [5.74, 6) is -0.599. The van der Waals surface area contributed by atoms with Gasteiger partial charge < -0.3 is 15.4 Å². The second-order valence-electron chi connectivity index (χ2n) is 6.95. The zero-order valence-corrected chi connectivity index (χ0v) is 17.4. The summed E-state index contributed by atoms with van der Waals surface area (Å²) in [6.45, 7) is 4.16. The third-order valence-corrected chi connectivity index (χ3v) is 4.62. The number of carbonyl (C=O) groups excluding carboxylic acids is 2. The van der Waals surface area contributed by atoms with Crippen molar-refractivity contribution in [1.82, 2.24) is 10.3 Å². The zero-order valence-electron chi connectivity index (χ0n) is 17.4. The Kier molecular flexibility index (Phi) is 7.32. The number of nitrogens with one attached hydrogen (secondary N) is 2. The summed E-state index contributed by atoms with van der Waals surface area (Å²) in [6, 6.07) is 16.3. The van der Waals surface area contributed by atoms with E-state index in [-0.39, 0.29) is 24.3 Å². The number of halogens is 1. The highest BCUT2D eigenvalue weighted by atomic mass is 19.1. The van der Waals surface area contributed by atoms with Crippen LogP contribution in [0.5, 0.6) is 5.88 Å². The average Bonchev–Trinajstić information content (AvgIpc) is 2.76. The highest BCUT2D eigenvalue weighted by Gasteiger charge is 2.14. The van der Waals surface area contributed by atoms with Gasteiger partial charge >= 0.3 is 0 Å². The van der Waals surface area contributed by atoms with E-state index in [0.29, 0.717) is 29.3 Å². The Morgan fingerprint density at radius 2 is 1.90 bits per heavy atom. The van der Waals surface area contributed by atoms with Crippen molar-refractivity contribution < 1.29 is 18.7 Å². The molecule has 31 heavy (non-hydrogen) atoms. The van der Waals surface area contributed by atoms with Gasteiger partial charge in [0.2, 0.25) is 11.8 Å². The number of aromatic nitrogens is 1. The third kappa shape index (κ3) is 6.12. The first kappa shape index (κ1) is 22.0. The van der Waals surface area contributed by atoms with E-state index in [2.05, 4.69) is 15.6 Å². The lowest BCUT2D eigenvalue weighted by atomic mass is 10.1. The van der Waals surface area contributed by atoms with E-state index in [1.807, 2.05) is 19.9 Å². The lowest BCUT2D eigenvalue weighted by Crippen LogP contribution is -2.26. The third-order valence-electron chi connectivity index (χ3n) is 4.62. The molecule has 1 aromatic heterocycles. The standard InChI is InChI=1S/C24H24FN3O3/c1-3-31-23-15-19(11-12-26-23)24(30)27-16(2)17-8-6-9-20(13-17)28-22(29)14-18-7-4-5-10-21(18)25/h4-13,15-16H,3,14H2,1-2H3,(H,27,30)(H,28,29). The molecule has 0 saturated heterocycles. The van der Waals surface area contributed by atoms with Crippen LogP contribution in [0.1, 0.15) is 41.4 Å². The molecule has 0 spiro atoms.